The Kier molecular flexibility index (Phi) is 4.94. The van der Waals surface area contributed by atoms with Gasteiger partial charge in [0, 0.05) is 19.5 Å². The number of rotatable bonds is 4. The highest BCUT2D eigenvalue weighted by atomic mass is 19.4. The van der Waals surface area contributed by atoms with Crippen LogP contribution in [0, 0.1) is 5.92 Å². The zero-order valence-electron chi connectivity index (χ0n) is 9.66. The Bertz CT molecular complexity index is 310. The number of nitrogens with one attached hydrogen (secondary N) is 1. The highest BCUT2D eigenvalue weighted by molar-refractivity contribution is 5.83. The van der Waals surface area contributed by atoms with Gasteiger partial charge in [0.25, 0.3) is 0 Å². The Balaban J connectivity index is 2.61. The maximum absolute atomic E-state index is 12.3. The van der Waals surface area contributed by atoms with E-state index in [0.29, 0.717) is 4.90 Å². The van der Waals surface area contributed by atoms with E-state index in [9.17, 15) is 22.8 Å². The molecule has 1 rings (SSSR count). The van der Waals surface area contributed by atoms with Crippen molar-refractivity contribution in [2.45, 2.75) is 19.0 Å². The van der Waals surface area contributed by atoms with Gasteiger partial charge in [-0.05, 0) is 6.42 Å². The quantitative estimate of drug-likeness (QED) is 0.748. The van der Waals surface area contributed by atoms with Crippen LogP contribution in [-0.4, -0.2) is 54.2 Å². The van der Waals surface area contributed by atoms with Crippen molar-refractivity contribution >= 4 is 11.8 Å². The van der Waals surface area contributed by atoms with E-state index in [4.69, 9.17) is 5.11 Å². The first-order valence-corrected chi connectivity index (χ1v) is 5.56. The second-order valence-corrected chi connectivity index (χ2v) is 4.14. The van der Waals surface area contributed by atoms with Gasteiger partial charge in [-0.3, -0.25) is 9.59 Å². The summed E-state index contributed by atoms with van der Waals surface area (Å²) in [6.07, 6.45) is -4.12. The SMILES string of the molecule is O=C1CCC(C(=O)N(CCO)CC(F)(F)F)CN1. The molecule has 0 radical (unpaired) electrons. The van der Waals surface area contributed by atoms with Crippen LogP contribution >= 0.6 is 0 Å². The first-order valence-electron chi connectivity index (χ1n) is 5.56. The fourth-order valence-electron chi connectivity index (χ4n) is 1.81. The van der Waals surface area contributed by atoms with E-state index >= 15 is 0 Å². The molecule has 1 aliphatic heterocycles. The van der Waals surface area contributed by atoms with Crippen molar-refractivity contribution in [2.75, 3.05) is 26.2 Å². The lowest BCUT2D eigenvalue weighted by Crippen LogP contribution is -2.48. The lowest BCUT2D eigenvalue weighted by Gasteiger charge is -2.29. The van der Waals surface area contributed by atoms with E-state index in [-0.39, 0.29) is 31.8 Å². The van der Waals surface area contributed by atoms with Gasteiger partial charge in [0.2, 0.25) is 11.8 Å². The minimum Gasteiger partial charge on any atom is -0.395 e. The molecular formula is C10H15F3N2O3. The van der Waals surface area contributed by atoms with Crippen LogP contribution in [0.15, 0.2) is 0 Å². The van der Waals surface area contributed by atoms with Crippen LogP contribution in [0.3, 0.4) is 0 Å². The van der Waals surface area contributed by atoms with E-state index in [1.165, 1.54) is 0 Å². The molecule has 0 bridgehead atoms. The highest BCUT2D eigenvalue weighted by Crippen LogP contribution is 2.20. The second-order valence-electron chi connectivity index (χ2n) is 4.14. The van der Waals surface area contributed by atoms with Gasteiger partial charge in [-0.2, -0.15) is 13.2 Å². The van der Waals surface area contributed by atoms with Crippen molar-refractivity contribution in [1.29, 1.82) is 0 Å². The van der Waals surface area contributed by atoms with Crippen molar-refractivity contribution in [3.8, 4) is 0 Å². The normalized spacial score (nSPS) is 20.4. The monoisotopic (exact) mass is 268 g/mol. The second kappa shape index (κ2) is 6.03. The van der Waals surface area contributed by atoms with Crippen LogP contribution in [-0.2, 0) is 9.59 Å². The van der Waals surface area contributed by atoms with Crippen molar-refractivity contribution in [3.63, 3.8) is 0 Å². The third-order valence-electron chi connectivity index (χ3n) is 2.67. The average molecular weight is 268 g/mol. The number of amides is 2. The van der Waals surface area contributed by atoms with Gasteiger partial charge >= 0.3 is 6.18 Å². The van der Waals surface area contributed by atoms with Gasteiger partial charge in [0.05, 0.1) is 12.5 Å². The predicted molar refractivity (Wildman–Crippen MR) is 55.5 cm³/mol. The lowest BCUT2D eigenvalue weighted by atomic mass is 9.97. The molecule has 1 heterocycles. The van der Waals surface area contributed by atoms with Gasteiger partial charge in [0.15, 0.2) is 0 Å². The molecule has 1 unspecified atom stereocenters. The Morgan fingerprint density at radius 2 is 2.17 bits per heavy atom. The fourth-order valence-corrected chi connectivity index (χ4v) is 1.81. The Labute approximate surface area is 102 Å². The first-order chi connectivity index (χ1) is 8.33. The highest BCUT2D eigenvalue weighted by Gasteiger charge is 2.36. The number of carbonyl (C=O) groups excluding carboxylic acids is 2. The van der Waals surface area contributed by atoms with E-state index in [1.807, 2.05) is 0 Å². The van der Waals surface area contributed by atoms with Crippen molar-refractivity contribution in [2.24, 2.45) is 5.92 Å². The van der Waals surface area contributed by atoms with Gasteiger partial charge < -0.3 is 15.3 Å². The summed E-state index contributed by atoms with van der Waals surface area (Å²) in [6.45, 7) is -2.21. The summed E-state index contributed by atoms with van der Waals surface area (Å²) in [5.74, 6) is -1.53. The van der Waals surface area contributed by atoms with Crippen LogP contribution in [0.5, 0.6) is 0 Å². The first kappa shape index (κ1) is 14.7. The molecule has 0 aromatic heterocycles. The molecule has 1 saturated heterocycles. The number of piperidine rings is 1. The lowest BCUT2D eigenvalue weighted by molar-refractivity contribution is -0.165. The number of hydrogen-bond acceptors (Lipinski definition) is 3. The number of hydrogen-bond donors (Lipinski definition) is 2. The minimum absolute atomic E-state index is 0.0530. The summed E-state index contributed by atoms with van der Waals surface area (Å²) in [7, 11) is 0. The molecule has 0 spiro atoms. The molecule has 0 saturated carbocycles. The Hall–Kier alpha value is -1.31. The molecule has 8 heteroatoms. The van der Waals surface area contributed by atoms with Crippen LogP contribution in [0.25, 0.3) is 0 Å². The molecule has 104 valence electrons. The van der Waals surface area contributed by atoms with E-state index in [1.54, 1.807) is 0 Å². The number of aliphatic hydroxyl groups is 1. The number of carbonyl (C=O) groups is 2. The predicted octanol–water partition coefficient (Wildman–Crippen LogP) is -0.104. The molecule has 0 aromatic carbocycles. The molecule has 2 amide bonds. The third kappa shape index (κ3) is 4.52. The van der Waals surface area contributed by atoms with Gasteiger partial charge in [-0.15, -0.1) is 0 Å². The summed E-state index contributed by atoms with van der Waals surface area (Å²) in [6, 6.07) is 0. The summed E-state index contributed by atoms with van der Waals surface area (Å²) < 4.78 is 36.8. The number of aliphatic hydroxyl groups excluding tert-OH is 1. The van der Waals surface area contributed by atoms with E-state index < -0.39 is 31.2 Å². The zero-order valence-corrected chi connectivity index (χ0v) is 9.66. The molecule has 2 N–H and O–H groups in total. The van der Waals surface area contributed by atoms with Crippen molar-refractivity contribution in [1.82, 2.24) is 10.2 Å². The number of alkyl halides is 3. The number of halogens is 3. The maximum atomic E-state index is 12.3. The van der Waals surface area contributed by atoms with Crippen LogP contribution < -0.4 is 5.32 Å². The molecule has 1 atom stereocenters. The smallest absolute Gasteiger partial charge is 0.395 e. The minimum atomic E-state index is -4.50. The van der Waals surface area contributed by atoms with Gasteiger partial charge in [-0.1, -0.05) is 0 Å². The Morgan fingerprint density at radius 3 is 2.61 bits per heavy atom. The molecule has 1 aliphatic rings. The standard InChI is InChI=1S/C10H15F3N2O3/c11-10(12,13)6-15(3-4-16)9(18)7-1-2-8(17)14-5-7/h7,16H,1-6H2,(H,14,17). The van der Waals surface area contributed by atoms with Crippen LogP contribution in [0.4, 0.5) is 13.2 Å². The summed E-state index contributed by atoms with van der Waals surface area (Å²) in [5, 5.41) is 11.1. The van der Waals surface area contributed by atoms with Gasteiger partial charge in [-0.25, -0.2) is 0 Å². The van der Waals surface area contributed by atoms with E-state index in [2.05, 4.69) is 5.32 Å². The molecule has 0 aromatic rings. The summed E-state index contributed by atoms with van der Waals surface area (Å²) in [5.41, 5.74) is 0. The molecule has 5 nitrogen and oxygen atoms in total. The van der Waals surface area contributed by atoms with Crippen molar-refractivity contribution in [3.05, 3.63) is 0 Å². The third-order valence-corrected chi connectivity index (χ3v) is 2.67. The molecule has 1 fully saturated rings. The maximum Gasteiger partial charge on any atom is 0.406 e. The average Bonchev–Trinajstić information content (AvgIpc) is 2.27. The Morgan fingerprint density at radius 1 is 1.50 bits per heavy atom. The summed E-state index contributed by atoms with van der Waals surface area (Å²) in [4.78, 5) is 23.3. The van der Waals surface area contributed by atoms with Gasteiger partial charge in [0.1, 0.15) is 6.54 Å². The number of nitrogens with zero attached hydrogens (tertiary/aromatic N) is 1. The topological polar surface area (TPSA) is 69.6 Å². The molecule has 18 heavy (non-hydrogen) atoms. The van der Waals surface area contributed by atoms with Crippen LogP contribution in [0.2, 0.25) is 0 Å². The largest absolute Gasteiger partial charge is 0.406 e. The summed E-state index contributed by atoms with van der Waals surface area (Å²) >= 11 is 0. The van der Waals surface area contributed by atoms with Crippen LogP contribution in [0.1, 0.15) is 12.8 Å². The fraction of sp³-hybridized carbons (Fsp3) is 0.800. The zero-order chi connectivity index (χ0) is 13.8. The van der Waals surface area contributed by atoms with Crippen molar-refractivity contribution < 1.29 is 27.9 Å². The molecule has 0 aliphatic carbocycles. The molecular weight excluding hydrogens is 253 g/mol. The van der Waals surface area contributed by atoms with E-state index in [0.717, 1.165) is 0 Å².